The molecule has 0 radical (unpaired) electrons. The highest BCUT2D eigenvalue weighted by Gasteiger charge is 2.05. The second kappa shape index (κ2) is 5.61. The zero-order valence-corrected chi connectivity index (χ0v) is 11.5. The lowest BCUT2D eigenvalue weighted by molar-refractivity contribution is 0.0963. The third-order valence-electron chi connectivity index (χ3n) is 3.09. The molecule has 1 amide bonds. The lowest BCUT2D eigenvalue weighted by Crippen LogP contribution is -2.17. The molecule has 1 aromatic heterocycles. The van der Waals surface area contributed by atoms with Gasteiger partial charge in [-0.25, -0.2) is 0 Å². The number of hydrogen-bond acceptors (Lipinski definition) is 2. The van der Waals surface area contributed by atoms with Crippen LogP contribution >= 0.6 is 0 Å². The van der Waals surface area contributed by atoms with Crippen LogP contribution in [0.5, 0.6) is 0 Å². The smallest absolute Gasteiger partial charge is 0.251 e. The van der Waals surface area contributed by atoms with E-state index >= 15 is 0 Å². The number of anilines is 1. The van der Waals surface area contributed by atoms with Gasteiger partial charge in [0.15, 0.2) is 0 Å². The van der Waals surface area contributed by atoms with Crippen LogP contribution in [0.25, 0.3) is 0 Å². The van der Waals surface area contributed by atoms with Gasteiger partial charge in [0.2, 0.25) is 0 Å². The van der Waals surface area contributed by atoms with Crippen molar-refractivity contribution >= 4 is 11.6 Å². The number of nitrogens with one attached hydrogen (secondary N) is 2. The summed E-state index contributed by atoms with van der Waals surface area (Å²) in [5.41, 5.74) is 4.04. The molecule has 0 bridgehead atoms. The Labute approximate surface area is 113 Å². The fraction of sp³-hybridized carbons (Fsp3) is 0.267. The molecule has 2 rings (SSSR count). The molecule has 0 aliphatic heterocycles. The van der Waals surface area contributed by atoms with Crippen LogP contribution in [0.1, 0.15) is 21.5 Å². The van der Waals surface area contributed by atoms with E-state index in [0.29, 0.717) is 5.56 Å². The maximum Gasteiger partial charge on any atom is 0.251 e. The summed E-state index contributed by atoms with van der Waals surface area (Å²) in [7, 11) is 3.64. The summed E-state index contributed by atoms with van der Waals surface area (Å²) in [6.07, 6.45) is 4.11. The van der Waals surface area contributed by atoms with Crippen LogP contribution in [0, 0.1) is 6.92 Å². The molecule has 2 aromatic rings. The minimum atomic E-state index is -0.0577. The van der Waals surface area contributed by atoms with Crippen molar-refractivity contribution in [2.75, 3.05) is 12.4 Å². The second-order valence-corrected chi connectivity index (χ2v) is 4.65. The highest BCUT2D eigenvalue weighted by Crippen LogP contribution is 2.17. The molecule has 0 unspecified atom stereocenters. The number of aromatic nitrogens is 1. The molecule has 0 aliphatic carbocycles. The molecule has 2 N–H and O–H groups in total. The summed E-state index contributed by atoms with van der Waals surface area (Å²) in [5, 5.41) is 6.01. The van der Waals surface area contributed by atoms with Gasteiger partial charge < -0.3 is 15.2 Å². The van der Waals surface area contributed by atoms with E-state index in [0.717, 1.165) is 17.8 Å². The first-order valence-electron chi connectivity index (χ1n) is 6.27. The van der Waals surface area contributed by atoms with Gasteiger partial charge in [0, 0.05) is 44.3 Å². The van der Waals surface area contributed by atoms with Crippen LogP contribution in [0.3, 0.4) is 0 Å². The molecule has 0 aliphatic rings. The Balaban J connectivity index is 2.07. The van der Waals surface area contributed by atoms with Crippen molar-refractivity contribution in [3.8, 4) is 0 Å². The average molecular weight is 257 g/mol. The van der Waals surface area contributed by atoms with E-state index in [4.69, 9.17) is 0 Å². The Morgan fingerprint density at radius 1 is 1.32 bits per heavy atom. The molecular formula is C15H19N3O. The molecule has 4 nitrogen and oxygen atoms in total. The average Bonchev–Trinajstić information content (AvgIpc) is 2.82. The fourth-order valence-electron chi connectivity index (χ4n) is 2.01. The Hall–Kier alpha value is -2.23. The molecule has 0 saturated carbocycles. The van der Waals surface area contributed by atoms with Gasteiger partial charge in [-0.2, -0.15) is 0 Å². The zero-order valence-electron chi connectivity index (χ0n) is 11.5. The first-order chi connectivity index (χ1) is 9.10. The first-order valence-corrected chi connectivity index (χ1v) is 6.27. The quantitative estimate of drug-likeness (QED) is 0.883. The van der Waals surface area contributed by atoms with Gasteiger partial charge in [-0.15, -0.1) is 0 Å². The van der Waals surface area contributed by atoms with Crippen molar-refractivity contribution in [2.45, 2.75) is 13.5 Å². The van der Waals surface area contributed by atoms with E-state index in [1.54, 1.807) is 7.05 Å². The summed E-state index contributed by atoms with van der Waals surface area (Å²) >= 11 is 0. The van der Waals surface area contributed by atoms with Crippen LogP contribution in [0.4, 0.5) is 5.69 Å². The summed E-state index contributed by atoms with van der Waals surface area (Å²) in [6, 6.07) is 7.76. The molecule has 100 valence electrons. The molecule has 0 spiro atoms. The zero-order chi connectivity index (χ0) is 13.8. The fourth-order valence-corrected chi connectivity index (χ4v) is 2.01. The first kappa shape index (κ1) is 13.2. The monoisotopic (exact) mass is 257 g/mol. The number of hydrogen-bond donors (Lipinski definition) is 2. The highest BCUT2D eigenvalue weighted by atomic mass is 16.1. The van der Waals surface area contributed by atoms with E-state index in [-0.39, 0.29) is 5.91 Å². The van der Waals surface area contributed by atoms with Crippen molar-refractivity contribution in [2.24, 2.45) is 7.05 Å². The van der Waals surface area contributed by atoms with Gasteiger partial charge in [-0.1, -0.05) is 0 Å². The van der Waals surface area contributed by atoms with Crippen LogP contribution in [-0.4, -0.2) is 17.5 Å². The normalized spacial score (nSPS) is 10.3. The number of carbonyl (C=O) groups excluding carboxylic acids is 1. The Morgan fingerprint density at radius 3 is 2.68 bits per heavy atom. The third kappa shape index (κ3) is 3.16. The van der Waals surface area contributed by atoms with Gasteiger partial charge in [-0.3, -0.25) is 4.79 Å². The van der Waals surface area contributed by atoms with Gasteiger partial charge in [0.1, 0.15) is 0 Å². The largest absolute Gasteiger partial charge is 0.381 e. The maximum atomic E-state index is 11.5. The third-order valence-corrected chi connectivity index (χ3v) is 3.09. The van der Waals surface area contributed by atoms with Crippen molar-refractivity contribution in [1.82, 2.24) is 9.88 Å². The topological polar surface area (TPSA) is 46.1 Å². The highest BCUT2D eigenvalue weighted by molar-refractivity contribution is 5.94. The lowest BCUT2D eigenvalue weighted by atomic mass is 10.1. The van der Waals surface area contributed by atoms with Crippen LogP contribution in [-0.2, 0) is 13.6 Å². The molecule has 0 saturated heterocycles. The Kier molecular flexibility index (Phi) is 3.90. The number of rotatable bonds is 4. The lowest BCUT2D eigenvalue weighted by Gasteiger charge is -2.10. The van der Waals surface area contributed by atoms with Crippen LogP contribution < -0.4 is 10.6 Å². The predicted molar refractivity (Wildman–Crippen MR) is 77.3 cm³/mol. The number of benzene rings is 1. The summed E-state index contributed by atoms with van der Waals surface area (Å²) in [4.78, 5) is 11.5. The maximum absolute atomic E-state index is 11.5. The van der Waals surface area contributed by atoms with E-state index in [9.17, 15) is 4.79 Å². The van der Waals surface area contributed by atoms with Gasteiger partial charge in [0.05, 0.1) is 0 Å². The van der Waals surface area contributed by atoms with Gasteiger partial charge in [0.25, 0.3) is 5.91 Å². The van der Waals surface area contributed by atoms with E-state index < -0.39 is 0 Å². The predicted octanol–water partition coefficient (Wildman–Crippen LogP) is 2.31. The van der Waals surface area contributed by atoms with Crippen molar-refractivity contribution in [3.05, 3.63) is 53.3 Å². The minimum absolute atomic E-state index is 0.0577. The summed E-state index contributed by atoms with van der Waals surface area (Å²) in [5.74, 6) is -0.0577. The van der Waals surface area contributed by atoms with Crippen molar-refractivity contribution in [1.29, 1.82) is 0 Å². The van der Waals surface area contributed by atoms with Crippen LogP contribution in [0.2, 0.25) is 0 Å². The summed E-state index contributed by atoms with van der Waals surface area (Å²) in [6.45, 7) is 2.78. The number of carbonyl (C=O) groups is 1. The molecular weight excluding hydrogens is 238 g/mol. The van der Waals surface area contributed by atoms with Crippen LogP contribution in [0.15, 0.2) is 36.7 Å². The van der Waals surface area contributed by atoms with Crippen molar-refractivity contribution < 1.29 is 4.79 Å². The standard InChI is InChI=1S/C15H19N3O/c1-11-8-13(15(19)16-2)4-5-14(11)17-9-12-6-7-18(3)10-12/h4-8,10,17H,9H2,1-3H3,(H,16,19). The van der Waals surface area contributed by atoms with E-state index in [2.05, 4.69) is 22.9 Å². The molecule has 19 heavy (non-hydrogen) atoms. The van der Waals surface area contributed by atoms with Gasteiger partial charge >= 0.3 is 0 Å². The summed E-state index contributed by atoms with van der Waals surface area (Å²) < 4.78 is 2.03. The number of nitrogens with zero attached hydrogens (tertiary/aromatic N) is 1. The second-order valence-electron chi connectivity index (χ2n) is 4.65. The molecule has 4 heteroatoms. The molecule has 1 heterocycles. The molecule has 0 atom stereocenters. The van der Waals surface area contributed by atoms with Gasteiger partial charge in [-0.05, 0) is 42.3 Å². The van der Waals surface area contributed by atoms with Crippen molar-refractivity contribution in [3.63, 3.8) is 0 Å². The minimum Gasteiger partial charge on any atom is -0.381 e. The number of amides is 1. The number of aryl methyl sites for hydroxylation is 2. The SMILES string of the molecule is CNC(=O)c1ccc(NCc2ccn(C)c2)c(C)c1. The molecule has 0 fully saturated rings. The Morgan fingerprint density at radius 2 is 2.11 bits per heavy atom. The van der Waals surface area contributed by atoms with E-state index in [1.807, 2.05) is 42.9 Å². The Bertz CT molecular complexity index is 587. The van der Waals surface area contributed by atoms with E-state index in [1.165, 1.54) is 5.56 Å². The molecule has 1 aromatic carbocycles.